The zero-order valence-corrected chi connectivity index (χ0v) is 14.2. The second-order valence-electron chi connectivity index (χ2n) is 5.90. The topological polar surface area (TPSA) is 87.5 Å². The fourth-order valence-corrected chi connectivity index (χ4v) is 3.19. The molecule has 0 atom stereocenters. The lowest BCUT2D eigenvalue weighted by atomic mass is 9.91. The van der Waals surface area contributed by atoms with Gasteiger partial charge < -0.3 is 14.6 Å². The fraction of sp³-hybridized carbons (Fsp3) is 0.333. The van der Waals surface area contributed by atoms with E-state index in [1.165, 1.54) is 24.3 Å². The average molecular weight is 379 g/mol. The quantitative estimate of drug-likeness (QED) is 0.454. The Morgan fingerprint density at radius 3 is 2.63 bits per heavy atom. The second kappa shape index (κ2) is 7.77. The summed E-state index contributed by atoms with van der Waals surface area (Å²) in [4.78, 5) is 2.73. The summed E-state index contributed by atoms with van der Waals surface area (Å²) in [5, 5.41) is 13.3. The minimum atomic E-state index is -4.75. The standard InChI is InChI=1S/C18H16F3N3O3/c19-18(20,21)27-13-3-1-11(2-4-13)15-9-12(5-7-23-24-22)16(10-25)14-6-8-26-17(14)15/h1-4,9,25H,5-8,10H2. The second-order valence-corrected chi connectivity index (χ2v) is 5.90. The summed E-state index contributed by atoms with van der Waals surface area (Å²) in [6.07, 6.45) is -3.68. The fourth-order valence-electron chi connectivity index (χ4n) is 3.19. The molecule has 27 heavy (non-hydrogen) atoms. The molecule has 0 spiro atoms. The number of nitrogens with zero attached hydrogens (tertiary/aromatic N) is 3. The number of hydrogen-bond donors (Lipinski definition) is 1. The molecule has 2 aromatic carbocycles. The van der Waals surface area contributed by atoms with Crippen LogP contribution in [0.3, 0.4) is 0 Å². The molecule has 3 rings (SSSR count). The van der Waals surface area contributed by atoms with E-state index in [1.54, 1.807) is 0 Å². The van der Waals surface area contributed by atoms with Crippen LogP contribution in [0.1, 0.15) is 16.7 Å². The molecule has 142 valence electrons. The molecule has 6 nitrogen and oxygen atoms in total. The van der Waals surface area contributed by atoms with Crippen molar-refractivity contribution in [3.05, 3.63) is 57.5 Å². The molecule has 0 radical (unpaired) electrons. The molecule has 0 fully saturated rings. The van der Waals surface area contributed by atoms with Crippen LogP contribution in [0.5, 0.6) is 11.5 Å². The molecule has 1 N–H and O–H groups in total. The number of aliphatic hydroxyl groups excluding tert-OH is 1. The molecule has 1 aliphatic rings. The smallest absolute Gasteiger partial charge is 0.492 e. The number of azide groups is 1. The Balaban J connectivity index is 2.00. The predicted molar refractivity (Wildman–Crippen MR) is 91.4 cm³/mol. The molecule has 9 heteroatoms. The van der Waals surface area contributed by atoms with Gasteiger partial charge in [-0.1, -0.05) is 17.2 Å². The molecule has 2 aromatic rings. The Morgan fingerprint density at radius 1 is 1.26 bits per heavy atom. The maximum Gasteiger partial charge on any atom is 0.573 e. The summed E-state index contributed by atoms with van der Waals surface area (Å²) in [6, 6.07) is 7.35. The highest BCUT2D eigenvalue weighted by atomic mass is 19.4. The summed E-state index contributed by atoms with van der Waals surface area (Å²) >= 11 is 0. The zero-order valence-electron chi connectivity index (χ0n) is 14.2. The summed E-state index contributed by atoms with van der Waals surface area (Å²) in [5.41, 5.74) is 12.3. The van der Waals surface area contributed by atoms with Crippen molar-refractivity contribution in [2.45, 2.75) is 25.8 Å². The van der Waals surface area contributed by atoms with E-state index in [4.69, 9.17) is 10.3 Å². The van der Waals surface area contributed by atoms with Crippen LogP contribution in [0, 0.1) is 0 Å². The number of ether oxygens (including phenoxy) is 2. The van der Waals surface area contributed by atoms with Crippen molar-refractivity contribution in [1.82, 2.24) is 0 Å². The monoisotopic (exact) mass is 379 g/mol. The first-order valence-electron chi connectivity index (χ1n) is 8.21. The Labute approximate surface area is 152 Å². The van der Waals surface area contributed by atoms with Gasteiger partial charge in [-0.05, 0) is 46.8 Å². The summed E-state index contributed by atoms with van der Waals surface area (Å²) in [5.74, 6) is 0.315. The molecule has 1 aliphatic heterocycles. The normalized spacial score (nSPS) is 12.9. The van der Waals surface area contributed by atoms with Gasteiger partial charge in [0.2, 0.25) is 0 Å². The van der Waals surface area contributed by atoms with Crippen LogP contribution < -0.4 is 9.47 Å². The maximum absolute atomic E-state index is 12.3. The van der Waals surface area contributed by atoms with E-state index < -0.39 is 6.36 Å². The molecular weight excluding hydrogens is 363 g/mol. The lowest BCUT2D eigenvalue weighted by Gasteiger charge is -2.16. The Bertz CT molecular complexity index is 876. The third kappa shape index (κ3) is 4.27. The zero-order chi connectivity index (χ0) is 19.4. The molecular formula is C18H16F3N3O3. The number of rotatable bonds is 6. The Morgan fingerprint density at radius 2 is 2.00 bits per heavy atom. The first kappa shape index (κ1) is 18.9. The van der Waals surface area contributed by atoms with Crippen molar-refractivity contribution in [1.29, 1.82) is 0 Å². The molecule has 0 aliphatic carbocycles. The van der Waals surface area contributed by atoms with Crippen molar-refractivity contribution < 1.29 is 27.8 Å². The first-order chi connectivity index (χ1) is 12.9. The Hall–Kier alpha value is -2.90. The third-order valence-electron chi connectivity index (χ3n) is 4.29. The third-order valence-corrected chi connectivity index (χ3v) is 4.29. The summed E-state index contributed by atoms with van der Waals surface area (Å²) in [6.45, 7) is 0.529. The van der Waals surface area contributed by atoms with Gasteiger partial charge in [0.1, 0.15) is 11.5 Å². The number of fused-ring (bicyclic) bond motifs is 1. The molecule has 0 aromatic heterocycles. The van der Waals surface area contributed by atoms with Crippen LogP contribution in [0.4, 0.5) is 13.2 Å². The van der Waals surface area contributed by atoms with Gasteiger partial charge in [0.05, 0.1) is 13.2 Å². The van der Waals surface area contributed by atoms with Crippen molar-refractivity contribution in [2.24, 2.45) is 5.11 Å². The van der Waals surface area contributed by atoms with Crippen LogP contribution in [0.15, 0.2) is 35.4 Å². The van der Waals surface area contributed by atoms with Gasteiger partial charge in [0.25, 0.3) is 0 Å². The summed E-state index contributed by atoms with van der Waals surface area (Å²) in [7, 11) is 0. The van der Waals surface area contributed by atoms with Gasteiger partial charge in [-0.15, -0.1) is 13.2 Å². The van der Waals surface area contributed by atoms with E-state index in [9.17, 15) is 18.3 Å². The first-order valence-corrected chi connectivity index (χ1v) is 8.21. The molecule has 0 bridgehead atoms. The van der Waals surface area contributed by atoms with Gasteiger partial charge in [-0.2, -0.15) is 0 Å². The van der Waals surface area contributed by atoms with E-state index in [-0.39, 0.29) is 18.9 Å². The van der Waals surface area contributed by atoms with Gasteiger partial charge >= 0.3 is 6.36 Å². The lowest BCUT2D eigenvalue weighted by Crippen LogP contribution is -2.16. The van der Waals surface area contributed by atoms with Crippen molar-refractivity contribution in [3.8, 4) is 22.6 Å². The largest absolute Gasteiger partial charge is 0.573 e. The minimum Gasteiger partial charge on any atom is -0.492 e. The van der Waals surface area contributed by atoms with Crippen LogP contribution >= 0.6 is 0 Å². The predicted octanol–water partition coefficient (Wildman–Crippen LogP) is 4.53. The molecule has 0 saturated heterocycles. The highest BCUT2D eigenvalue weighted by Crippen LogP contribution is 2.41. The van der Waals surface area contributed by atoms with E-state index >= 15 is 0 Å². The van der Waals surface area contributed by atoms with Crippen molar-refractivity contribution in [3.63, 3.8) is 0 Å². The average Bonchev–Trinajstić information content (AvgIpc) is 3.10. The van der Waals surface area contributed by atoms with Gasteiger partial charge in [-0.25, -0.2) is 0 Å². The van der Waals surface area contributed by atoms with Crippen LogP contribution in [-0.4, -0.2) is 24.6 Å². The number of alkyl halides is 3. The molecule has 0 saturated carbocycles. The Kier molecular flexibility index (Phi) is 5.43. The minimum absolute atomic E-state index is 0.171. The van der Waals surface area contributed by atoms with E-state index in [0.29, 0.717) is 36.3 Å². The van der Waals surface area contributed by atoms with E-state index in [1.807, 2.05) is 6.07 Å². The van der Waals surface area contributed by atoms with E-state index in [2.05, 4.69) is 14.8 Å². The lowest BCUT2D eigenvalue weighted by molar-refractivity contribution is -0.274. The number of benzene rings is 2. The highest BCUT2D eigenvalue weighted by molar-refractivity contribution is 5.75. The number of aliphatic hydroxyl groups is 1. The molecule has 0 unspecified atom stereocenters. The molecule has 0 amide bonds. The number of hydrogen-bond acceptors (Lipinski definition) is 4. The van der Waals surface area contributed by atoms with Crippen LogP contribution in [0.25, 0.3) is 21.6 Å². The highest BCUT2D eigenvalue weighted by Gasteiger charge is 2.31. The van der Waals surface area contributed by atoms with Gasteiger partial charge in [-0.3, -0.25) is 0 Å². The van der Waals surface area contributed by atoms with Gasteiger partial charge in [0.15, 0.2) is 0 Å². The number of halogens is 3. The van der Waals surface area contributed by atoms with Crippen LogP contribution in [-0.2, 0) is 19.4 Å². The summed E-state index contributed by atoms with van der Waals surface area (Å²) < 4.78 is 46.6. The molecule has 1 heterocycles. The SMILES string of the molecule is [N-]=[N+]=NCCc1cc(-c2ccc(OC(F)(F)F)cc2)c2c(c1CO)CCO2. The van der Waals surface area contributed by atoms with E-state index in [0.717, 1.165) is 16.7 Å². The van der Waals surface area contributed by atoms with Crippen LogP contribution in [0.2, 0.25) is 0 Å². The van der Waals surface area contributed by atoms with Crippen molar-refractivity contribution in [2.75, 3.05) is 13.2 Å². The maximum atomic E-state index is 12.3. The van der Waals surface area contributed by atoms with Crippen molar-refractivity contribution >= 4 is 0 Å². The van der Waals surface area contributed by atoms with Gasteiger partial charge in [0, 0.05) is 29.0 Å².